The summed E-state index contributed by atoms with van der Waals surface area (Å²) in [6.07, 6.45) is 3.91. The number of hydrogen-bond donors (Lipinski definition) is 2. The molecule has 0 atom stereocenters. The van der Waals surface area contributed by atoms with Gasteiger partial charge < -0.3 is 10.3 Å². The molecular formula is C10H12N4O. The second kappa shape index (κ2) is 3.68. The molecule has 15 heavy (non-hydrogen) atoms. The lowest BCUT2D eigenvalue weighted by Crippen LogP contribution is -2.11. The molecule has 78 valence electrons. The van der Waals surface area contributed by atoms with Crippen LogP contribution in [0.2, 0.25) is 0 Å². The molecule has 0 aliphatic heterocycles. The summed E-state index contributed by atoms with van der Waals surface area (Å²) in [7, 11) is 0. The molecule has 0 aliphatic rings. The van der Waals surface area contributed by atoms with E-state index in [1.165, 1.54) is 6.33 Å². The third-order valence-corrected chi connectivity index (χ3v) is 2.05. The van der Waals surface area contributed by atoms with Crippen LogP contribution in [0, 0.1) is 0 Å². The van der Waals surface area contributed by atoms with E-state index < -0.39 is 0 Å². The van der Waals surface area contributed by atoms with E-state index in [1.54, 1.807) is 6.20 Å². The Kier molecular flexibility index (Phi) is 2.37. The largest absolute Gasteiger partial charge is 0.367 e. The number of carbonyl (C=O) groups is 1. The molecule has 0 radical (unpaired) electrons. The molecule has 0 aliphatic carbocycles. The fourth-order valence-electron chi connectivity index (χ4n) is 1.46. The zero-order valence-corrected chi connectivity index (χ0v) is 8.61. The molecule has 2 rings (SSSR count). The molecule has 0 bridgehead atoms. The molecule has 0 saturated carbocycles. The van der Waals surface area contributed by atoms with Crippen molar-refractivity contribution in [2.24, 2.45) is 0 Å². The number of fused-ring (bicyclic) bond motifs is 1. The fourth-order valence-corrected chi connectivity index (χ4v) is 1.46. The maximum absolute atomic E-state index is 10.8. The van der Waals surface area contributed by atoms with E-state index in [2.05, 4.69) is 20.3 Å². The van der Waals surface area contributed by atoms with Crippen molar-refractivity contribution in [2.75, 3.05) is 5.32 Å². The number of aromatic amines is 1. The minimum Gasteiger partial charge on any atom is -0.367 e. The topological polar surface area (TPSA) is 70.7 Å². The maximum Gasteiger partial charge on any atom is 0.152 e. The van der Waals surface area contributed by atoms with Gasteiger partial charge in [-0.25, -0.2) is 9.97 Å². The Morgan fingerprint density at radius 2 is 2.27 bits per heavy atom. The number of aromatic nitrogens is 3. The Morgan fingerprint density at radius 1 is 1.47 bits per heavy atom. The highest BCUT2D eigenvalue weighted by molar-refractivity contribution is 6.01. The van der Waals surface area contributed by atoms with E-state index in [0.29, 0.717) is 17.0 Å². The van der Waals surface area contributed by atoms with Crippen molar-refractivity contribution in [3.8, 4) is 0 Å². The Balaban J connectivity index is 2.61. The van der Waals surface area contributed by atoms with Gasteiger partial charge in [-0.2, -0.15) is 0 Å². The minimum atomic E-state index is 0.262. The normalized spacial score (nSPS) is 10.9. The van der Waals surface area contributed by atoms with Gasteiger partial charge in [0, 0.05) is 17.8 Å². The lowest BCUT2D eigenvalue weighted by Gasteiger charge is -2.09. The van der Waals surface area contributed by atoms with Crippen LogP contribution >= 0.6 is 0 Å². The van der Waals surface area contributed by atoms with Crippen molar-refractivity contribution in [3.63, 3.8) is 0 Å². The Bertz CT molecular complexity index is 489. The summed E-state index contributed by atoms with van der Waals surface area (Å²) in [5, 5.41) is 3.93. The quantitative estimate of drug-likeness (QED) is 0.745. The average molecular weight is 204 g/mol. The second-order valence-corrected chi connectivity index (χ2v) is 3.61. The highest BCUT2D eigenvalue weighted by Crippen LogP contribution is 2.22. The van der Waals surface area contributed by atoms with Crippen molar-refractivity contribution in [1.29, 1.82) is 0 Å². The van der Waals surface area contributed by atoms with Crippen molar-refractivity contribution in [1.82, 2.24) is 15.0 Å². The molecule has 2 aromatic rings. The average Bonchev–Trinajstić information content (AvgIpc) is 2.61. The first-order chi connectivity index (χ1) is 7.22. The van der Waals surface area contributed by atoms with Gasteiger partial charge in [0.1, 0.15) is 17.8 Å². The number of nitrogens with zero attached hydrogens (tertiary/aromatic N) is 2. The molecule has 2 aromatic heterocycles. The van der Waals surface area contributed by atoms with Gasteiger partial charge in [-0.15, -0.1) is 0 Å². The lowest BCUT2D eigenvalue weighted by atomic mass is 10.2. The fraction of sp³-hybridized carbons (Fsp3) is 0.300. The summed E-state index contributed by atoms with van der Waals surface area (Å²) in [5.41, 5.74) is 1.25. The summed E-state index contributed by atoms with van der Waals surface area (Å²) in [6.45, 7) is 4.03. The van der Waals surface area contributed by atoms with Gasteiger partial charge in [0.05, 0.1) is 5.39 Å². The summed E-state index contributed by atoms with van der Waals surface area (Å²) in [4.78, 5) is 21.9. The third kappa shape index (κ3) is 1.68. The molecule has 0 aromatic carbocycles. The van der Waals surface area contributed by atoms with E-state index in [4.69, 9.17) is 0 Å². The van der Waals surface area contributed by atoms with Crippen LogP contribution in [0.5, 0.6) is 0 Å². The van der Waals surface area contributed by atoms with E-state index in [1.807, 2.05) is 13.8 Å². The molecule has 0 fully saturated rings. The standard InChI is InChI=1S/C10H12N4O/c1-6(2)14-10-8-7(4-15)3-11-9(8)12-5-13-10/h3-6H,1-2H3,(H2,11,12,13,14). The van der Waals surface area contributed by atoms with Crippen LogP contribution < -0.4 is 5.32 Å². The Labute approximate surface area is 86.9 Å². The summed E-state index contributed by atoms with van der Waals surface area (Å²) in [6, 6.07) is 0.262. The van der Waals surface area contributed by atoms with Gasteiger partial charge in [-0.1, -0.05) is 0 Å². The van der Waals surface area contributed by atoms with Gasteiger partial charge in [0.15, 0.2) is 6.29 Å². The minimum absolute atomic E-state index is 0.262. The molecule has 0 spiro atoms. The highest BCUT2D eigenvalue weighted by atomic mass is 16.1. The molecule has 2 heterocycles. The number of aldehydes is 1. The molecule has 5 nitrogen and oxygen atoms in total. The third-order valence-electron chi connectivity index (χ3n) is 2.05. The van der Waals surface area contributed by atoms with Gasteiger partial charge in [0.2, 0.25) is 0 Å². The SMILES string of the molecule is CC(C)Nc1ncnc2[nH]cc(C=O)c12. The predicted octanol–water partition coefficient (Wildman–Crippen LogP) is 1.59. The number of carbonyl (C=O) groups excluding carboxylic acids is 1. The predicted molar refractivity (Wildman–Crippen MR) is 58.0 cm³/mol. The number of anilines is 1. The van der Waals surface area contributed by atoms with Crippen molar-refractivity contribution in [2.45, 2.75) is 19.9 Å². The zero-order valence-electron chi connectivity index (χ0n) is 8.61. The Hall–Kier alpha value is -1.91. The first-order valence-electron chi connectivity index (χ1n) is 4.76. The highest BCUT2D eigenvalue weighted by Gasteiger charge is 2.10. The lowest BCUT2D eigenvalue weighted by molar-refractivity contribution is 0.112. The van der Waals surface area contributed by atoms with Gasteiger partial charge in [0.25, 0.3) is 0 Å². The van der Waals surface area contributed by atoms with Crippen molar-refractivity contribution < 1.29 is 4.79 Å². The van der Waals surface area contributed by atoms with Crippen LogP contribution in [0.25, 0.3) is 11.0 Å². The molecule has 2 N–H and O–H groups in total. The first kappa shape index (κ1) is 9.64. The van der Waals surface area contributed by atoms with Crippen LogP contribution in [0.4, 0.5) is 5.82 Å². The second-order valence-electron chi connectivity index (χ2n) is 3.61. The van der Waals surface area contributed by atoms with Crippen LogP contribution in [-0.4, -0.2) is 27.3 Å². The van der Waals surface area contributed by atoms with Gasteiger partial charge in [-0.3, -0.25) is 4.79 Å². The molecule has 0 unspecified atom stereocenters. The number of H-pyrrole nitrogens is 1. The van der Waals surface area contributed by atoms with Gasteiger partial charge >= 0.3 is 0 Å². The zero-order chi connectivity index (χ0) is 10.8. The van der Waals surface area contributed by atoms with Gasteiger partial charge in [-0.05, 0) is 13.8 Å². The number of hydrogen-bond acceptors (Lipinski definition) is 4. The first-order valence-corrected chi connectivity index (χ1v) is 4.76. The smallest absolute Gasteiger partial charge is 0.152 e. The molecular weight excluding hydrogens is 192 g/mol. The summed E-state index contributed by atoms with van der Waals surface area (Å²) < 4.78 is 0. The van der Waals surface area contributed by atoms with Crippen molar-refractivity contribution in [3.05, 3.63) is 18.1 Å². The number of nitrogens with one attached hydrogen (secondary N) is 2. The maximum atomic E-state index is 10.8. The number of rotatable bonds is 3. The van der Waals surface area contributed by atoms with E-state index in [9.17, 15) is 4.79 Å². The molecule has 0 saturated heterocycles. The molecule has 5 heteroatoms. The monoisotopic (exact) mass is 204 g/mol. The van der Waals surface area contributed by atoms with Crippen LogP contribution in [0.3, 0.4) is 0 Å². The van der Waals surface area contributed by atoms with Crippen LogP contribution in [0.15, 0.2) is 12.5 Å². The van der Waals surface area contributed by atoms with E-state index >= 15 is 0 Å². The molecule has 0 amide bonds. The van der Waals surface area contributed by atoms with Crippen molar-refractivity contribution >= 4 is 23.1 Å². The summed E-state index contributed by atoms with van der Waals surface area (Å²) in [5.74, 6) is 0.693. The van der Waals surface area contributed by atoms with E-state index in [0.717, 1.165) is 11.7 Å². The summed E-state index contributed by atoms with van der Waals surface area (Å²) >= 11 is 0. The van der Waals surface area contributed by atoms with E-state index in [-0.39, 0.29) is 6.04 Å². The van der Waals surface area contributed by atoms with Crippen LogP contribution in [0.1, 0.15) is 24.2 Å². The Morgan fingerprint density at radius 3 is 2.93 bits per heavy atom. The van der Waals surface area contributed by atoms with Crippen LogP contribution in [-0.2, 0) is 0 Å².